The molecule has 122 valence electrons. The Morgan fingerprint density at radius 3 is 2.30 bits per heavy atom. The summed E-state index contributed by atoms with van der Waals surface area (Å²) < 4.78 is 5.17. The van der Waals surface area contributed by atoms with Gasteiger partial charge in [-0.2, -0.15) is 0 Å². The van der Waals surface area contributed by atoms with Crippen molar-refractivity contribution in [3.05, 3.63) is 65.7 Å². The SMILES string of the molecule is COc1ccc(C(C)(C)CNC(=O)C(N)c2ccccc2)cc1. The molecule has 0 aliphatic rings. The van der Waals surface area contributed by atoms with Gasteiger partial charge in [-0.3, -0.25) is 4.79 Å². The molecule has 0 aromatic heterocycles. The van der Waals surface area contributed by atoms with Crippen molar-refractivity contribution in [2.24, 2.45) is 5.73 Å². The smallest absolute Gasteiger partial charge is 0.241 e. The normalized spacial score (nSPS) is 12.5. The first-order valence-corrected chi connectivity index (χ1v) is 7.67. The summed E-state index contributed by atoms with van der Waals surface area (Å²) in [6.45, 7) is 4.69. The summed E-state index contributed by atoms with van der Waals surface area (Å²) in [7, 11) is 1.64. The molecule has 0 bridgehead atoms. The molecule has 1 amide bonds. The number of hydrogen-bond acceptors (Lipinski definition) is 3. The molecular formula is C19H24N2O2. The lowest BCUT2D eigenvalue weighted by atomic mass is 9.84. The van der Waals surface area contributed by atoms with Crippen LogP contribution in [0.25, 0.3) is 0 Å². The number of carbonyl (C=O) groups is 1. The molecule has 0 fully saturated rings. The zero-order valence-corrected chi connectivity index (χ0v) is 13.9. The van der Waals surface area contributed by atoms with Crippen LogP contribution in [0.2, 0.25) is 0 Å². The average Bonchev–Trinajstić information content (AvgIpc) is 2.60. The largest absolute Gasteiger partial charge is 0.497 e. The lowest BCUT2D eigenvalue weighted by Gasteiger charge is -2.26. The van der Waals surface area contributed by atoms with Gasteiger partial charge in [0.25, 0.3) is 0 Å². The van der Waals surface area contributed by atoms with Gasteiger partial charge in [-0.15, -0.1) is 0 Å². The molecule has 1 atom stereocenters. The van der Waals surface area contributed by atoms with Crippen molar-refractivity contribution in [3.63, 3.8) is 0 Å². The summed E-state index contributed by atoms with van der Waals surface area (Å²) in [6.07, 6.45) is 0. The molecule has 0 spiro atoms. The van der Waals surface area contributed by atoms with Gasteiger partial charge >= 0.3 is 0 Å². The number of methoxy groups -OCH3 is 1. The Bertz CT molecular complexity index is 636. The van der Waals surface area contributed by atoms with E-state index in [0.717, 1.165) is 16.9 Å². The van der Waals surface area contributed by atoms with Crippen LogP contribution in [0.15, 0.2) is 54.6 Å². The number of nitrogens with two attached hydrogens (primary N) is 1. The molecule has 0 radical (unpaired) electrons. The Morgan fingerprint density at radius 2 is 1.74 bits per heavy atom. The van der Waals surface area contributed by atoms with Crippen molar-refractivity contribution >= 4 is 5.91 Å². The van der Waals surface area contributed by atoms with E-state index in [9.17, 15) is 4.79 Å². The summed E-state index contributed by atoms with van der Waals surface area (Å²) in [5.74, 6) is 0.650. The highest BCUT2D eigenvalue weighted by molar-refractivity contribution is 5.83. The molecule has 0 aliphatic heterocycles. The monoisotopic (exact) mass is 312 g/mol. The van der Waals surface area contributed by atoms with Crippen molar-refractivity contribution in [1.82, 2.24) is 5.32 Å². The van der Waals surface area contributed by atoms with Crippen LogP contribution in [0, 0.1) is 0 Å². The minimum Gasteiger partial charge on any atom is -0.497 e. The molecule has 23 heavy (non-hydrogen) atoms. The molecule has 1 unspecified atom stereocenters. The number of amides is 1. The van der Waals surface area contributed by atoms with Crippen LogP contribution in [-0.4, -0.2) is 19.6 Å². The summed E-state index contributed by atoms with van der Waals surface area (Å²) >= 11 is 0. The number of rotatable bonds is 6. The predicted molar refractivity (Wildman–Crippen MR) is 92.4 cm³/mol. The lowest BCUT2D eigenvalue weighted by molar-refractivity contribution is -0.122. The molecule has 4 heteroatoms. The minimum absolute atomic E-state index is 0.169. The molecule has 0 heterocycles. The summed E-state index contributed by atoms with van der Waals surface area (Å²) in [5, 5.41) is 2.95. The molecule has 0 saturated carbocycles. The third-order valence-electron chi connectivity index (χ3n) is 4.02. The van der Waals surface area contributed by atoms with E-state index in [2.05, 4.69) is 19.2 Å². The Kier molecular flexibility index (Phi) is 5.40. The zero-order valence-electron chi connectivity index (χ0n) is 13.9. The van der Waals surface area contributed by atoms with Crippen LogP contribution >= 0.6 is 0 Å². The summed E-state index contributed by atoms with van der Waals surface area (Å²) in [4.78, 5) is 12.3. The third-order valence-corrected chi connectivity index (χ3v) is 4.02. The van der Waals surface area contributed by atoms with Crippen LogP contribution in [0.5, 0.6) is 5.75 Å². The van der Waals surface area contributed by atoms with Crippen LogP contribution in [-0.2, 0) is 10.2 Å². The van der Waals surface area contributed by atoms with E-state index < -0.39 is 6.04 Å². The van der Waals surface area contributed by atoms with Gasteiger partial charge in [0, 0.05) is 12.0 Å². The molecular weight excluding hydrogens is 288 g/mol. The number of nitrogens with one attached hydrogen (secondary N) is 1. The highest BCUT2D eigenvalue weighted by Crippen LogP contribution is 2.24. The van der Waals surface area contributed by atoms with Gasteiger partial charge in [-0.25, -0.2) is 0 Å². The van der Waals surface area contributed by atoms with E-state index in [1.807, 2.05) is 54.6 Å². The maximum atomic E-state index is 12.3. The summed E-state index contributed by atoms with van der Waals surface area (Å²) in [5.41, 5.74) is 7.76. The average molecular weight is 312 g/mol. The fourth-order valence-corrected chi connectivity index (χ4v) is 2.37. The Balaban J connectivity index is 1.99. The third kappa shape index (κ3) is 4.33. The van der Waals surface area contributed by atoms with Crippen molar-refractivity contribution in [2.75, 3.05) is 13.7 Å². The topological polar surface area (TPSA) is 64.3 Å². The highest BCUT2D eigenvalue weighted by atomic mass is 16.5. The van der Waals surface area contributed by atoms with E-state index in [-0.39, 0.29) is 11.3 Å². The van der Waals surface area contributed by atoms with Gasteiger partial charge in [0.2, 0.25) is 5.91 Å². The molecule has 0 saturated heterocycles. The second-order valence-electron chi connectivity index (χ2n) is 6.22. The fraction of sp³-hybridized carbons (Fsp3) is 0.316. The Hall–Kier alpha value is -2.33. The second-order valence-corrected chi connectivity index (χ2v) is 6.22. The van der Waals surface area contributed by atoms with Crippen molar-refractivity contribution in [3.8, 4) is 5.75 Å². The molecule has 4 nitrogen and oxygen atoms in total. The summed E-state index contributed by atoms with van der Waals surface area (Å²) in [6, 6.07) is 16.6. The molecule has 2 aromatic carbocycles. The predicted octanol–water partition coefficient (Wildman–Crippen LogP) is 2.79. The van der Waals surface area contributed by atoms with Crippen LogP contribution in [0.1, 0.15) is 31.0 Å². The Labute approximate surface area is 137 Å². The van der Waals surface area contributed by atoms with Gasteiger partial charge in [-0.1, -0.05) is 56.3 Å². The van der Waals surface area contributed by atoms with E-state index in [1.54, 1.807) is 7.11 Å². The van der Waals surface area contributed by atoms with Gasteiger partial charge in [-0.05, 0) is 23.3 Å². The van der Waals surface area contributed by atoms with E-state index in [4.69, 9.17) is 10.5 Å². The van der Waals surface area contributed by atoms with E-state index in [1.165, 1.54) is 0 Å². The van der Waals surface area contributed by atoms with Crippen LogP contribution < -0.4 is 15.8 Å². The maximum absolute atomic E-state index is 12.3. The van der Waals surface area contributed by atoms with Crippen LogP contribution in [0.4, 0.5) is 0 Å². The molecule has 2 rings (SSSR count). The van der Waals surface area contributed by atoms with Gasteiger partial charge in [0.15, 0.2) is 0 Å². The highest BCUT2D eigenvalue weighted by Gasteiger charge is 2.23. The van der Waals surface area contributed by atoms with E-state index in [0.29, 0.717) is 6.54 Å². The van der Waals surface area contributed by atoms with Crippen molar-refractivity contribution in [2.45, 2.75) is 25.3 Å². The quantitative estimate of drug-likeness (QED) is 0.862. The molecule has 3 N–H and O–H groups in total. The zero-order chi connectivity index (χ0) is 16.9. The van der Waals surface area contributed by atoms with E-state index >= 15 is 0 Å². The molecule has 0 aliphatic carbocycles. The number of benzene rings is 2. The van der Waals surface area contributed by atoms with Crippen molar-refractivity contribution < 1.29 is 9.53 Å². The standard InChI is InChI=1S/C19H24N2O2/c1-19(2,15-9-11-16(23-3)12-10-15)13-21-18(22)17(20)14-7-5-4-6-8-14/h4-12,17H,13,20H2,1-3H3,(H,21,22). The van der Waals surface area contributed by atoms with Crippen LogP contribution in [0.3, 0.4) is 0 Å². The van der Waals surface area contributed by atoms with Gasteiger partial charge in [0.05, 0.1) is 7.11 Å². The first-order valence-electron chi connectivity index (χ1n) is 7.67. The lowest BCUT2D eigenvalue weighted by Crippen LogP contribution is -2.41. The number of ether oxygens (including phenoxy) is 1. The van der Waals surface area contributed by atoms with Gasteiger partial charge < -0.3 is 15.8 Å². The Morgan fingerprint density at radius 1 is 1.13 bits per heavy atom. The molecule has 2 aromatic rings. The van der Waals surface area contributed by atoms with Gasteiger partial charge in [0.1, 0.15) is 11.8 Å². The second kappa shape index (κ2) is 7.29. The minimum atomic E-state index is -0.650. The van der Waals surface area contributed by atoms with Crippen molar-refractivity contribution in [1.29, 1.82) is 0 Å². The number of hydrogen-bond donors (Lipinski definition) is 2. The first kappa shape index (κ1) is 17.0. The fourth-order valence-electron chi connectivity index (χ4n) is 2.37. The maximum Gasteiger partial charge on any atom is 0.241 e. The number of carbonyl (C=O) groups excluding carboxylic acids is 1. The first-order chi connectivity index (χ1) is 10.9.